The molecule has 4 heteroatoms. The number of nitrogens with one attached hydrogen (secondary N) is 1. The third-order valence-corrected chi connectivity index (χ3v) is 5.45. The highest BCUT2D eigenvalue weighted by molar-refractivity contribution is 5.02. The van der Waals surface area contributed by atoms with Gasteiger partial charge in [0, 0.05) is 51.4 Å². The standard InChI is InChI=1S/C15H28N2O2/c1-13-9-16-14(5-3-4-6-14)10-17(13)11-15(18-2)7-8-19-12-15/h13,16H,3-12H2,1-2H3. The van der Waals surface area contributed by atoms with E-state index in [2.05, 4.69) is 17.1 Å². The van der Waals surface area contributed by atoms with E-state index in [-0.39, 0.29) is 5.60 Å². The molecule has 0 aromatic rings. The predicted molar refractivity (Wildman–Crippen MR) is 75.4 cm³/mol. The van der Waals surface area contributed by atoms with E-state index in [1.165, 1.54) is 32.2 Å². The predicted octanol–water partition coefficient (Wildman–Crippen LogP) is 1.40. The van der Waals surface area contributed by atoms with Crippen LogP contribution in [0.2, 0.25) is 0 Å². The fraction of sp³-hybridized carbons (Fsp3) is 1.00. The van der Waals surface area contributed by atoms with Gasteiger partial charge in [-0.15, -0.1) is 0 Å². The lowest BCUT2D eigenvalue weighted by molar-refractivity contribution is -0.0594. The zero-order chi connectivity index (χ0) is 13.3. The molecule has 2 unspecified atom stereocenters. The first-order chi connectivity index (χ1) is 9.17. The van der Waals surface area contributed by atoms with Crippen LogP contribution in [-0.4, -0.2) is 62.0 Å². The van der Waals surface area contributed by atoms with Crippen molar-refractivity contribution in [3.05, 3.63) is 0 Å². The molecule has 0 aromatic heterocycles. The second-order valence-electron chi connectivity index (χ2n) is 6.81. The Bertz CT molecular complexity index is 309. The average molecular weight is 268 g/mol. The smallest absolute Gasteiger partial charge is 0.106 e. The summed E-state index contributed by atoms with van der Waals surface area (Å²) in [5, 5.41) is 3.82. The lowest BCUT2D eigenvalue weighted by Crippen LogP contribution is -2.64. The lowest BCUT2D eigenvalue weighted by atomic mass is 9.91. The van der Waals surface area contributed by atoms with Crippen LogP contribution < -0.4 is 5.32 Å². The van der Waals surface area contributed by atoms with Crippen molar-refractivity contribution in [2.45, 2.75) is 56.2 Å². The molecule has 1 saturated carbocycles. The van der Waals surface area contributed by atoms with Crippen LogP contribution in [0.25, 0.3) is 0 Å². The van der Waals surface area contributed by atoms with Gasteiger partial charge in [-0.25, -0.2) is 0 Å². The van der Waals surface area contributed by atoms with E-state index in [9.17, 15) is 0 Å². The van der Waals surface area contributed by atoms with E-state index >= 15 is 0 Å². The van der Waals surface area contributed by atoms with Crippen molar-refractivity contribution in [2.24, 2.45) is 0 Å². The third kappa shape index (κ3) is 2.68. The van der Waals surface area contributed by atoms with Gasteiger partial charge >= 0.3 is 0 Å². The molecule has 19 heavy (non-hydrogen) atoms. The van der Waals surface area contributed by atoms with Crippen LogP contribution in [0.15, 0.2) is 0 Å². The van der Waals surface area contributed by atoms with Crippen LogP contribution in [0.1, 0.15) is 39.0 Å². The first kappa shape index (κ1) is 13.8. The Morgan fingerprint density at radius 2 is 2.11 bits per heavy atom. The van der Waals surface area contributed by atoms with Crippen LogP contribution in [0.5, 0.6) is 0 Å². The third-order valence-electron chi connectivity index (χ3n) is 5.45. The molecule has 3 aliphatic rings. The van der Waals surface area contributed by atoms with Gasteiger partial charge in [0.2, 0.25) is 0 Å². The first-order valence-corrected chi connectivity index (χ1v) is 7.79. The quantitative estimate of drug-likeness (QED) is 0.839. The van der Waals surface area contributed by atoms with Crippen molar-refractivity contribution in [1.29, 1.82) is 0 Å². The molecule has 0 amide bonds. The normalized spacial score (nSPS) is 39.2. The molecule has 1 spiro atoms. The van der Waals surface area contributed by atoms with Gasteiger partial charge in [0.05, 0.1) is 6.61 Å². The van der Waals surface area contributed by atoms with Gasteiger partial charge < -0.3 is 14.8 Å². The molecular formula is C15H28N2O2. The Kier molecular flexibility index (Phi) is 3.87. The first-order valence-electron chi connectivity index (χ1n) is 7.79. The largest absolute Gasteiger partial charge is 0.378 e. The maximum atomic E-state index is 5.81. The van der Waals surface area contributed by atoms with Gasteiger partial charge in [-0.3, -0.25) is 4.90 Å². The van der Waals surface area contributed by atoms with Crippen molar-refractivity contribution < 1.29 is 9.47 Å². The monoisotopic (exact) mass is 268 g/mol. The Balaban J connectivity index is 1.67. The number of hydrogen-bond donors (Lipinski definition) is 1. The molecule has 3 rings (SSSR count). The van der Waals surface area contributed by atoms with Gasteiger partial charge in [0.15, 0.2) is 0 Å². The zero-order valence-electron chi connectivity index (χ0n) is 12.4. The molecular weight excluding hydrogens is 240 g/mol. The Morgan fingerprint density at radius 1 is 1.32 bits per heavy atom. The van der Waals surface area contributed by atoms with Crippen LogP contribution in [-0.2, 0) is 9.47 Å². The number of nitrogens with zero attached hydrogens (tertiary/aromatic N) is 1. The molecule has 0 bridgehead atoms. The summed E-state index contributed by atoms with van der Waals surface area (Å²) in [5.74, 6) is 0. The highest BCUT2D eigenvalue weighted by Gasteiger charge is 2.44. The Labute approximate surface area is 116 Å². The zero-order valence-corrected chi connectivity index (χ0v) is 12.4. The molecule has 110 valence electrons. The summed E-state index contributed by atoms with van der Waals surface area (Å²) in [5.41, 5.74) is 0.326. The summed E-state index contributed by atoms with van der Waals surface area (Å²) < 4.78 is 11.4. The Morgan fingerprint density at radius 3 is 2.74 bits per heavy atom. The molecule has 0 radical (unpaired) electrons. The van der Waals surface area contributed by atoms with E-state index < -0.39 is 0 Å². The van der Waals surface area contributed by atoms with Crippen LogP contribution in [0.3, 0.4) is 0 Å². The van der Waals surface area contributed by atoms with E-state index in [0.29, 0.717) is 11.6 Å². The summed E-state index contributed by atoms with van der Waals surface area (Å²) in [4.78, 5) is 2.64. The van der Waals surface area contributed by atoms with Crippen molar-refractivity contribution in [1.82, 2.24) is 10.2 Å². The highest BCUT2D eigenvalue weighted by Crippen LogP contribution is 2.34. The van der Waals surface area contributed by atoms with Gasteiger partial charge in [-0.05, 0) is 19.8 Å². The van der Waals surface area contributed by atoms with Crippen molar-refractivity contribution in [3.8, 4) is 0 Å². The number of ether oxygens (including phenoxy) is 2. The molecule has 4 nitrogen and oxygen atoms in total. The minimum Gasteiger partial charge on any atom is -0.378 e. The van der Waals surface area contributed by atoms with Gasteiger partial charge in [0.1, 0.15) is 5.60 Å². The van der Waals surface area contributed by atoms with Crippen LogP contribution >= 0.6 is 0 Å². The van der Waals surface area contributed by atoms with E-state index in [1.807, 2.05) is 7.11 Å². The fourth-order valence-corrected chi connectivity index (χ4v) is 4.00. The van der Waals surface area contributed by atoms with Crippen molar-refractivity contribution in [3.63, 3.8) is 0 Å². The topological polar surface area (TPSA) is 33.7 Å². The molecule has 2 aliphatic heterocycles. The van der Waals surface area contributed by atoms with Gasteiger partial charge in [-0.2, -0.15) is 0 Å². The average Bonchev–Trinajstić information content (AvgIpc) is 3.05. The minimum atomic E-state index is -0.0641. The molecule has 1 aliphatic carbocycles. The molecule has 3 fully saturated rings. The van der Waals surface area contributed by atoms with Gasteiger partial charge in [0.25, 0.3) is 0 Å². The number of hydrogen-bond acceptors (Lipinski definition) is 4. The van der Waals surface area contributed by atoms with E-state index in [4.69, 9.17) is 9.47 Å². The number of piperazine rings is 1. The summed E-state index contributed by atoms with van der Waals surface area (Å²) in [7, 11) is 1.84. The summed E-state index contributed by atoms with van der Waals surface area (Å²) in [6.45, 7) is 7.24. The van der Waals surface area contributed by atoms with E-state index in [1.54, 1.807) is 0 Å². The molecule has 0 aromatic carbocycles. The number of rotatable bonds is 3. The van der Waals surface area contributed by atoms with Crippen LogP contribution in [0, 0.1) is 0 Å². The van der Waals surface area contributed by atoms with Crippen LogP contribution in [0.4, 0.5) is 0 Å². The second kappa shape index (κ2) is 5.32. The minimum absolute atomic E-state index is 0.0641. The maximum Gasteiger partial charge on any atom is 0.106 e. The van der Waals surface area contributed by atoms with Crippen molar-refractivity contribution in [2.75, 3.05) is 40.0 Å². The molecule has 1 N–H and O–H groups in total. The molecule has 2 atom stereocenters. The van der Waals surface area contributed by atoms with Gasteiger partial charge in [-0.1, -0.05) is 12.8 Å². The van der Waals surface area contributed by atoms with Crippen molar-refractivity contribution >= 4 is 0 Å². The Hall–Kier alpha value is -0.160. The fourth-order valence-electron chi connectivity index (χ4n) is 4.00. The highest BCUT2D eigenvalue weighted by atomic mass is 16.5. The second-order valence-corrected chi connectivity index (χ2v) is 6.81. The summed E-state index contributed by atoms with van der Waals surface area (Å²) in [6, 6.07) is 0.596. The lowest BCUT2D eigenvalue weighted by Gasteiger charge is -2.47. The number of methoxy groups -OCH3 is 1. The molecule has 2 heterocycles. The van der Waals surface area contributed by atoms with E-state index in [0.717, 1.165) is 32.7 Å². The summed E-state index contributed by atoms with van der Waals surface area (Å²) >= 11 is 0. The SMILES string of the molecule is COC1(CN2CC3(CCCC3)NCC2C)CCOC1. The summed E-state index contributed by atoms with van der Waals surface area (Å²) in [6.07, 6.45) is 6.48. The maximum absolute atomic E-state index is 5.81. The molecule has 2 saturated heterocycles.